The molecule has 2 N–H and O–H groups in total. The van der Waals surface area contributed by atoms with Crippen molar-refractivity contribution in [1.82, 2.24) is 9.47 Å². The smallest absolute Gasteiger partial charge is 0.239 e. The second-order valence-electron chi connectivity index (χ2n) is 7.79. The van der Waals surface area contributed by atoms with Crippen LogP contribution in [0.15, 0.2) is 0 Å². The lowest BCUT2D eigenvalue weighted by Crippen LogP contribution is -2.42. The van der Waals surface area contributed by atoms with E-state index in [9.17, 15) is 15.2 Å². The van der Waals surface area contributed by atoms with E-state index >= 15 is 0 Å². The fourth-order valence-corrected chi connectivity index (χ4v) is 4.43. The Morgan fingerprint density at radius 1 is 1.23 bits per heavy atom. The van der Waals surface area contributed by atoms with Crippen molar-refractivity contribution in [2.45, 2.75) is 70.9 Å². The first-order valence-corrected chi connectivity index (χ1v) is 9.83. The maximum Gasteiger partial charge on any atom is 0.239 e. The van der Waals surface area contributed by atoms with Crippen LogP contribution in [0.1, 0.15) is 67.8 Å². The molecule has 0 aromatic carbocycles. The molecule has 1 atom stereocenters. The van der Waals surface area contributed by atoms with Gasteiger partial charge in [0.2, 0.25) is 5.91 Å². The molecule has 1 aliphatic carbocycles. The van der Waals surface area contributed by atoms with Crippen molar-refractivity contribution >= 4 is 11.7 Å². The molecule has 1 aromatic heterocycles. The van der Waals surface area contributed by atoms with Gasteiger partial charge in [0.25, 0.3) is 0 Å². The van der Waals surface area contributed by atoms with Crippen LogP contribution < -0.4 is 5.32 Å². The van der Waals surface area contributed by atoms with Crippen molar-refractivity contribution in [3.63, 3.8) is 0 Å². The van der Waals surface area contributed by atoms with E-state index in [0.29, 0.717) is 24.0 Å². The molecular weight excluding hydrogens is 328 g/mol. The molecular formula is C20H30N4O2. The van der Waals surface area contributed by atoms with Crippen LogP contribution in [-0.2, 0) is 4.79 Å². The minimum atomic E-state index is -0.346. The topological polar surface area (TPSA) is 81.3 Å². The summed E-state index contributed by atoms with van der Waals surface area (Å²) in [5.74, 6) is 0.558. The molecule has 1 saturated carbocycles. The number of likely N-dealkylation sites (tertiary alicyclic amines) is 1. The lowest BCUT2D eigenvalue weighted by atomic mass is 9.95. The average molecular weight is 358 g/mol. The Labute approximate surface area is 155 Å². The number of aliphatic hydroxyl groups excluding tert-OH is 1. The van der Waals surface area contributed by atoms with E-state index < -0.39 is 0 Å². The molecule has 1 aromatic rings. The van der Waals surface area contributed by atoms with Crippen LogP contribution in [0.5, 0.6) is 0 Å². The fourth-order valence-electron chi connectivity index (χ4n) is 4.43. The third-order valence-corrected chi connectivity index (χ3v) is 5.91. The van der Waals surface area contributed by atoms with Gasteiger partial charge in [-0.15, -0.1) is 0 Å². The average Bonchev–Trinajstić information content (AvgIpc) is 2.85. The number of nitrogens with one attached hydrogen (secondary N) is 1. The quantitative estimate of drug-likeness (QED) is 0.867. The highest BCUT2D eigenvalue weighted by molar-refractivity contribution is 5.93. The number of carbonyl (C=O) groups excluding carboxylic acids is 1. The van der Waals surface area contributed by atoms with Crippen molar-refractivity contribution in [1.29, 1.82) is 5.26 Å². The van der Waals surface area contributed by atoms with Gasteiger partial charge in [-0.2, -0.15) is 5.26 Å². The second-order valence-corrected chi connectivity index (χ2v) is 7.79. The van der Waals surface area contributed by atoms with E-state index in [1.54, 1.807) is 0 Å². The number of anilines is 1. The minimum absolute atomic E-state index is 0.106. The number of aliphatic hydroxyl groups is 1. The molecule has 1 saturated heterocycles. The van der Waals surface area contributed by atoms with Gasteiger partial charge in [0, 0.05) is 18.3 Å². The molecule has 3 rings (SSSR count). The largest absolute Gasteiger partial charge is 0.392 e. The van der Waals surface area contributed by atoms with Gasteiger partial charge in [-0.3, -0.25) is 9.69 Å². The summed E-state index contributed by atoms with van der Waals surface area (Å²) in [5.41, 5.74) is 2.62. The van der Waals surface area contributed by atoms with E-state index in [0.717, 1.165) is 43.5 Å². The molecule has 0 spiro atoms. The maximum absolute atomic E-state index is 12.7. The summed E-state index contributed by atoms with van der Waals surface area (Å²) in [6.07, 6.45) is 7.22. The Balaban J connectivity index is 1.80. The molecule has 142 valence electrons. The Kier molecular flexibility index (Phi) is 6.00. The number of hydrogen-bond acceptors (Lipinski definition) is 4. The lowest BCUT2D eigenvalue weighted by Gasteiger charge is -2.30. The van der Waals surface area contributed by atoms with Crippen molar-refractivity contribution in [3.05, 3.63) is 16.8 Å². The van der Waals surface area contributed by atoms with Crippen LogP contribution in [0.2, 0.25) is 0 Å². The molecule has 0 radical (unpaired) electrons. The molecule has 6 nitrogen and oxygen atoms in total. The molecule has 1 aliphatic heterocycles. The van der Waals surface area contributed by atoms with Crippen LogP contribution in [0.25, 0.3) is 0 Å². The van der Waals surface area contributed by atoms with Crippen LogP contribution in [0.3, 0.4) is 0 Å². The number of rotatable bonds is 4. The first kappa shape index (κ1) is 18.9. The van der Waals surface area contributed by atoms with Gasteiger partial charge in [0.05, 0.1) is 18.2 Å². The SMILES string of the molecule is Cc1c(C#N)c(NC(=O)CN2CCCC(O)C2)n(C2CCCCC2)c1C. The van der Waals surface area contributed by atoms with Gasteiger partial charge in [-0.05, 0) is 51.6 Å². The Morgan fingerprint density at radius 2 is 1.96 bits per heavy atom. The lowest BCUT2D eigenvalue weighted by molar-refractivity contribution is -0.118. The third-order valence-electron chi connectivity index (χ3n) is 5.91. The van der Waals surface area contributed by atoms with Crippen molar-refractivity contribution in [2.75, 3.05) is 25.0 Å². The number of aromatic nitrogens is 1. The van der Waals surface area contributed by atoms with E-state index in [1.807, 2.05) is 18.7 Å². The highest BCUT2D eigenvalue weighted by Crippen LogP contribution is 2.36. The minimum Gasteiger partial charge on any atom is -0.392 e. The van der Waals surface area contributed by atoms with E-state index in [1.165, 1.54) is 19.3 Å². The Bertz CT molecular complexity index is 698. The second kappa shape index (κ2) is 8.24. The predicted molar refractivity (Wildman–Crippen MR) is 101 cm³/mol. The zero-order chi connectivity index (χ0) is 18.7. The molecule has 2 fully saturated rings. The van der Waals surface area contributed by atoms with E-state index in [4.69, 9.17) is 0 Å². The molecule has 26 heavy (non-hydrogen) atoms. The van der Waals surface area contributed by atoms with Gasteiger partial charge in [-0.1, -0.05) is 19.3 Å². The van der Waals surface area contributed by atoms with Gasteiger partial charge in [0.15, 0.2) is 0 Å². The number of piperidine rings is 1. The molecule has 0 bridgehead atoms. The standard InChI is InChI=1S/C20H30N4O2/c1-14-15(2)24(16-7-4-3-5-8-16)20(18(14)11-21)22-19(26)13-23-10-6-9-17(25)12-23/h16-17,25H,3-10,12-13H2,1-2H3,(H,22,26). The predicted octanol–water partition coefficient (Wildman–Crippen LogP) is 2.88. The van der Waals surface area contributed by atoms with Crippen molar-refractivity contribution < 1.29 is 9.90 Å². The molecule has 2 heterocycles. The summed E-state index contributed by atoms with van der Waals surface area (Å²) < 4.78 is 2.19. The van der Waals surface area contributed by atoms with Gasteiger partial charge in [-0.25, -0.2) is 0 Å². The number of nitriles is 1. The number of nitrogens with zero attached hydrogens (tertiary/aromatic N) is 3. The monoisotopic (exact) mass is 358 g/mol. The summed E-state index contributed by atoms with van der Waals surface area (Å²) >= 11 is 0. The van der Waals surface area contributed by atoms with Crippen LogP contribution in [0, 0.1) is 25.2 Å². The summed E-state index contributed by atoms with van der Waals surface area (Å²) in [6, 6.07) is 2.65. The number of β-amino-alcohol motifs (C(OH)–C–C–N with tert-alkyl or cyclic N) is 1. The molecule has 1 amide bonds. The summed E-state index contributed by atoms with van der Waals surface area (Å²) in [6.45, 7) is 5.64. The highest BCUT2D eigenvalue weighted by atomic mass is 16.3. The Hall–Kier alpha value is -1.84. The number of amides is 1. The zero-order valence-corrected chi connectivity index (χ0v) is 15.9. The normalized spacial score (nSPS) is 22.2. The molecule has 2 aliphatic rings. The zero-order valence-electron chi connectivity index (χ0n) is 15.9. The van der Waals surface area contributed by atoms with Crippen molar-refractivity contribution in [2.24, 2.45) is 0 Å². The molecule has 1 unspecified atom stereocenters. The summed E-state index contributed by atoms with van der Waals surface area (Å²) in [4.78, 5) is 14.6. The van der Waals surface area contributed by atoms with Gasteiger partial charge in [0.1, 0.15) is 11.9 Å². The van der Waals surface area contributed by atoms with E-state index in [2.05, 4.69) is 16.0 Å². The van der Waals surface area contributed by atoms with Gasteiger partial charge < -0.3 is 15.0 Å². The number of carbonyl (C=O) groups is 1. The summed E-state index contributed by atoms with van der Waals surface area (Å²) in [5, 5.41) is 22.5. The molecule has 6 heteroatoms. The maximum atomic E-state index is 12.7. The fraction of sp³-hybridized carbons (Fsp3) is 0.700. The van der Waals surface area contributed by atoms with Crippen LogP contribution in [0.4, 0.5) is 5.82 Å². The first-order valence-electron chi connectivity index (χ1n) is 9.83. The van der Waals surface area contributed by atoms with Crippen LogP contribution >= 0.6 is 0 Å². The van der Waals surface area contributed by atoms with Crippen LogP contribution in [-0.4, -0.2) is 46.2 Å². The Morgan fingerprint density at radius 3 is 2.62 bits per heavy atom. The summed E-state index contributed by atoms with van der Waals surface area (Å²) in [7, 11) is 0. The van der Waals surface area contributed by atoms with Gasteiger partial charge >= 0.3 is 0 Å². The first-order chi connectivity index (χ1) is 12.5. The highest BCUT2D eigenvalue weighted by Gasteiger charge is 2.27. The third kappa shape index (κ3) is 3.94. The van der Waals surface area contributed by atoms with Crippen molar-refractivity contribution in [3.8, 4) is 6.07 Å². The van der Waals surface area contributed by atoms with E-state index in [-0.39, 0.29) is 18.6 Å². The number of hydrogen-bond donors (Lipinski definition) is 2.